The van der Waals surface area contributed by atoms with Crippen LogP contribution in [0.5, 0.6) is 11.5 Å². The summed E-state index contributed by atoms with van der Waals surface area (Å²) < 4.78 is 38.3. The summed E-state index contributed by atoms with van der Waals surface area (Å²) in [5.74, 6) is 0.219. The number of rotatable bonds is 9. The van der Waals surface area contributed by atoms with E-state index in [4.69, 9.17) is 9.47 Å². The molecule has 1 heterocycles. The van der Waals surface area contributed by atoms with Crippen LogP contribution in [0.1, 0.15) is 23.2 Å². The molecule has 2 aromatic carbocycles. The van der Waals surface area contributed by atoms with Gasteiger partial charge in [0.25, 0.3) is 15.9 Å². The lowest BCUT2D eigenvalue weighted by Crippen LogP contribution is -2.46. The number of amides is 2. The van der Waals surface area contributed by atoms with Gasteiger partial charge in [0, 0.05) is 30.4 Å². The standard InChI is InChI=1S/C23H27N3O6S/c1-4-13-24-22(27)19-6-5-14-26(19)23(28)16-7-9-17(10-8-16)25-33(29,30)18-11-12-20(31-2)21(15-18)32-3/h4,7-12,15,19,25H,1,5-6,13-14H2,2-3H3,(H,24,27). The van der Waals surface area contributed by atoms with Crippen LogP contribution in [0, 0.1) is 0 Å². The van der Waals surface area contributed by atoms with Crippen molar-refractivity contribution in [2.75, 3.05) is 32.0 Å². The van der Waals surface area contributed by atoms with Gasteiger partial charge in [-0.1, -0.05) is 6.08 Å². The highest BCUT2D eigenvalue weighted by Gasteiger charge is 2.34. The Hall–Kier alpha value is -3.53. The molecule has 33 heavy (non-hydrogen) atoms. The second-order valence-corrected chi connectivity index (χ2v) is 9.07. The van der Waals surface area contributed by atoms with Crippen molar-refractivity contribution < 1.29 is 27.5 Å². The lowest BCUT2D eigenvalue weighted by atomic mass is 10.1. The molecule has 2 amide bonds. The van der Waals surface area contributed by atoms with Crippen LogP contribution in [0.3, 0.4) is 0 Å². The maximum absolute atomic E-state index is 12.9. The summed E-state index contributed by atoms with van der Waals surface area (Å²) in [7, 11) is -1.00. The van der Waals surface area contributed by atoms with Crippen molar-refractivity contribution in [1.29, 1.82) is 0 Å². The van der Waals surface area contributed by atoms with Gasteiger partial charge in [-0.25, -0.2) is 8.42 Å². The second-order valence-electron chi connectivity index (χ2n) is 7.39. The molecule has 2 N–H and O–H groups in total. The predicted octanol–water partition coefficient (Wildman–Crippen LogP) is 2.41. The first-order valence-electron chi connectivity index (χ1n) is 10.3. The van der Waals surface area contributed by atoms with Gasteiger partial charge in [0.15, 0.2) is 11.5 Å². The van der Waals surface area contributed by atoms with Crippen LogP contribution in [-0.2, 0) is 14.8 Å². The van der Waals surface area contributed by atoms with E-state index in [1.165, 1.54) is 56.7 Å². The lowest BCUT2D eigenvalue weighted by molar-refractivity contribution is -0.124. The van der Waals surface area contributed by atoms with E-state index in [0.29, 0.717) is 42.3 Å². The van der Waals surface area contributed by atoms with Gasteiger partial charge in [-0.15, -0.1) is 6.58 Å². The maximum Gasteiger partial charge on any atom is 0.262 e. The number of nitrogens with zero attached hydrogens (tertiary/aromatic N) is 1. The van der Waals surface area contributed by atoms with Crippen molar-refractivity contribution in [3.8, 4) is 11.5 Å². The summed E-state index contributed by atoms with van der Waals surface area (Å²) in [5, 5.41) is 2.73. The molecule has 0 radical (unpaired) electrons. The molecule has 1 aliphatic rings. The summed E-state index contributed by atoms with van der Waals surface area (Å²) in [5.41, 5.74) is 0.663. The van der Waals surface area contributed by atoms with Gasteiger partial charge in [-0.3, -0.25) is 14.3 Å². The highest BCUT2D eigenvalue weighted by molar-refractivity contribution is 7.92. The first-order chi connectivity index (χ1) is 15.8. The summed E-state index contributed by atoms with van der Waals surface area (Å²) in [6.45, 7) is 4.40. The third-order valence-electron chi connectivity index (χ3n) is 5.29. The Bertz CT molecular complexity index is 1130. The molecular formula is C23H27N3O6S. The molecule has 0 saturated carbocycles. The molecule has 3 rings (SSSR count). The lowest BCUT2D eigenvalue weighted by Gasteiger charge is -2.24. The van der Waals surface area contributed by atoms with Crippen molar-refractivity contribution in [2.45, 2.75) is 23.8 Å². The molecule has 2 aromatic rings. The van der Waals surface area contributed by atoms with E-state index in [9.17, 15) is 18.0 Å². The number of methoxy groups -OCH3 is 2. The van der Waals surface area contributed by atoms with Gasteiger partial charge in [0.1, 0.15) is 6.04 Å². The van der Waals surface area contributed by atoms with E-state index >= 15 is 0 Å². The zero-order valence-electron chi connectivity index (χ0n) is 18.5. The minimum atomic E-state index is -3.89. The molecular weight excluding hydrogens is 446 g/mol. The Balaban J connectivity index is 1.73. The number of likely N-dealkylation sites (tertiary alicyclic amines) is 1. The Morgan fingerprint density at radius 3 is 2.45 bits per heavy atom. The molecule has 176 valence electrons. The number of sulfonamides is 1. The summed E-state index contributed by atoms with van der Waals surface area (Å²) in [4.78, 5) is 26.8. The van der Waals surface area contributed by atoms with Crippen LogP contribution in [-0.4, -0.2) is 58.5 Å². The predicted molar refractivity (Wildman–Crippen MR) is 124 cm³/mol. The first-order valence-corrected chi connectivity index (χ1v) is 11.8. The van der Waals surface area contributed by atoms with Crippen LogP contribution in [0.4, 0.5) is 5.69 Å². The number of hydrogen-bond acceptors (Lipinski definition) is 6. The van der Waals surface area contributed by atoms with Gasteiger partial charge in [0.2, 0.25) is 5.91 Å². The smallest absolute Gasteiger partial charge is 0.262 e. The molecule has 0 bridgehead atoms. The van der Waals surface area contributed by atoms with Crippen molar-refractivity contribution >= 4 is 27.5 Å². The minimum absolute atomic E-state index is 0.00532. The number of carbonyl (C=O) groups excluding carboxylic acids is 2. The molecule has 1 fully saturated rings. The Morgan fingerprint density at radius 2 is 1.82 bits per heavy atom. The van der Waals surface area contributed by atoms with Gasteiger partial charge in [0.05, 0.1) is 19.1 Å². The Kier molecular flexibility index (Phi) is 7.59. The molecule has 0 spiro atoms. The third kappa shape index (κ3) is 5.46. The third-order valence-corrected chi connectivity index (χ3v) is 6.67. The van der Waals surface area contributed by atoms with Gasteiger partial charge in [-0.05, 0) is 49.2 Å². The highest BCUT2D eigenvalue weighted by atomic mass is 32.2. The molecule has 0 aliphatic carbocycles. The van der Waals surface area contributed by atoms with Crippen LogP contribution in [0.25, 0.3) is 0 Å². The highest BCUT2D eigenvalue weighted by Crippen LogP contribution is 2.30. The van der Waals surface area contributed by atoms with E-state index in [1.54, 1.807) is 11.0 Å². The number of hydrogen-bond donors (Lipinski definition) is 2. The van der Waals surface area contributed by atoms with E-state index in [-0.39, 0.29) is 16.7 Å². The normalized spacial score (nSPS) is 15.6. The van der Waals surface area contributed by atoms with Crippen LogP contribution in [0.2, 0.25) is 0 Å². The molecule has 1 unspecified atom stereocenters. The molecule has 1 aliphatic heterocycles. The fourth-order valence-electron chi connectivity index (χ4n) is 3.62. The Morgan fingerprint density at radius 1 is 1.12 bits per heavy atom. The second kappa shape index (κ2) is 10.4. The number of anilines is 1. The van der Waals surface area contributed by atoms with Crippen molar-refractivity contribution in [2.24, 2.45) is 0 Å². The summed E-state index contributed by atoms with van der Waals surface area (Å²) >= 11 is 0. The molecule has 1 saturated heterocycles. The van der Waals surface area contributed by atoms with Gasteiger partial charge < -0.3 is 19.7 Å². The maximum atomic E-state index is 12.9. The van der Waals surface area contributed by atoms with E-state index in [1.807, 2.05) is 0 Å². The first kappa shape index (κ1) is 24.1. The average molecular weight is 474 g/mol. The molecule has 0 aromatic heterocycles. The molecule has 1 atom stereocenters. The SMILES string of the molecule is C=CCNC(=O)C1CCCN1C(=O)c1ccc(NS(=O)(=O)c2ccc(OC)c(OC)c2)cc1. The van der Waals surface area contributed by atoms with Crippen molar-refractivity contribution in [1.82, 2.24) is 10.2 Å². The van der Waals surface area contributed by atoms with Crippen molar-refractivity contribution in [3.63, 3.8) is 0 Å². The average Bonchev–Trinajstić information content (AvgIpc) is 3.32. The fourth-order valence-corrected chi connectivity index (χ4v) is 4.69. The van der Waals surface area contributed by atoms with Crippen LogP contribution >= 0.6 is 0 Å². The quantitative estimate of drug-likeness (QED) is 0.541. The number of carbonyl (C=O) groups is 2. The zero-order chi connectivity index (χ0) is 24.0. The van der Waals surface area contributed by atoms with Gasteiger partial charge >= 0.3 is 0 Å². The largest absolute Gasteiger partial charge is 0.493 e. The number of ether oxygens (including phenoxy) is 2. The molecule has 9 nitrogen and oxygen atoms in total. The van der Waals surface area contributed by atoms with Crippen molar-refractivity contribution in [3.05, 3.63) is 60.7 Å². The van der Waals surface area contributed by atoms with Gasteiger partial charge in [-0.2, -0.15) is 0 Å². The number of benzene rings is 2. The zero-order valence-corrected chi connectivity index (χ0v) is 19.4. The minimum Gasteiger partial charge on any atom is -0.493 e. The fraction of sp³-hybridized carbons (Fsp3) is 0.304. The van der Waals surface area contributed by atoms with Crippen LogP contribution < -0.4 is 19.5 Å². The number of nitrogens with one attached hydrogen (secondary N) is 2. The van der Waals surface area contributed by atoms with E-state index < -0.39 is 16.1 Å². The summed E-state index contributed by atoms with van der Waals surface area (Å²) in [6.07, 6.45) is 2.92. The Labute approximate surface area is 193 Å². The monoisotopic (exact) mass is 473 g/mol. The summed E-state index contributed by atoms with van der Waals surface area (Å²) in [6, 6.07) is 9.84. The molecule has 10 heteroatoms. The topological polar surface area (TPSA) is 114 Å². The van der Waals surface area contributed by atoms with E-state index in [0.717, 1.165) is 6.42 Å². The van der Waals surface area contributed by atoms with E-state index in [2.05, 4.69) is 16.6 Å². The van der Waals surface area contributed by atoms with Crippen LogP contribution in [0.15, 0.2) is 60.0 Å².